The predicted molar refractivity (Wildman–Crippen MR) is 115 cm³/mol. The van der Waals surface area contributed by atoms with Crippen molar-refractivity contribution in [1.29, 1.82) is 5.26 Å². The molecule has 1 amide bonds. The first-order valence-electron chi connectivity index (χ1n) is 8.20. The van der Waals surface area contributed by atoms with Gasteiger partial charge in [-0.1, -0.05) is 6.07 Å². The van der Waals surface area contributed by atoms with Crippen molar-refractivity contribution in [2.75, 3.05) is 19.0 Å². The number of methoxy groups -OCH3 is 1. The molecule has 0 unspecified atom stereocenters. The van der Waals surface area contributed by atoms with Crippen LogP contribution in [-0.4, -0.2) is 36.7 Å². The summed E-state index contributed by atoms with van der Waals surface area (Å²) in [5.41, 5.74) is 0.559. The lowest BCUT2D eigenvalue weighted by atomic mass is 10.1. The van der Waals surface area contributed by atoms with Gasteiger partial charge in [0.2, 0.25) is 0 Å². The van der Waals surface area contributed by atoms with Crippen LogP contribution in [0.15, 0.2) is 50.9 Å². The number of benzene rings is 2. The van der Waals surface area contributed by atoms with Gasteiger partial charge in [0.15, 0.2) is 6.61 Å². The lowest BCUT2D eigenvalue weighted by Gasteiger charge is -2.10. The van der Waals surface area contributed by atoms with Crippen molar-refractivity contribution in [1.82, 2.24) is 0 Å². The zero-order valence-corrected chi connectivity index (χ0v) is 18.6. The number of rotatable bonds is 7. The number of amides is 1. The third kappa shape index (κ3) is 6.17. The topological polar surface area (TPSA) is 126 Å². The van der Waals surface area contributed by atoms with Crippen LogP contribution in [0.3, 0.4) is 0 Å². The molecule has 154 valence electrons. The van der Waals surface area contributed by atoms with Gasteiger partial charge in [-0.15, -0.1) is 0 Å². The van der Waals surface area contributed by atoms with Gasteiger partial charge >= 0.3 is 11.9 Å². The molecule has 0 aliphatic rings. The van der Waals surface area contributed by atoms with E-state index < -0.39 is 17.8 Å². The van der Waals surface area contributed by atoms with E-state index in [4.69, 9.17) is 9.84 Å². The Kier molecular flexibility index (Phi) is 8.15. The lowest BCUT2D eigenvalue weighted by molar-refractivity contribution is -0.142. The van der Waals surface area contributed by atoms with Gasteiger partial charge in [0, 0.05) is 5.69 Å². The number of aromatic carboxylic acids is 1. The fourth-order valence-corrected chi connectivity index (χ4v) is 3.69. The molecule has 2 aromatic rings. The molecule has 0 bridgehead atoms. The van der Waals surface area contributed by atoms with E-state index in [0.29, 0.717) is 20.3 Å². The van der Waals surface area contributed by atoms with Crippen molar-refractivity contribution in [2.45, 2.75) is 0 Å². The summed E-state index contributed by atoms with van der Waals surface area (Å²) in [4.78, 5) is 34.7. The van der Waals surface area contributed by atoms with Crippen LogP contribution < -0.4 is 10.1 Å². The Morgan fingerprint density at radius 2 is 1.87 bits per heavy atom. The second kappa shape index (κ2) is 10.6. The van der Waals surface area contributed by atoms with E-state index in [-0.39, 0.29) is 23.4 Å². The highest BCUT2D eigenvalue weighted by Crippen LogP contribution is 2.35. The number of nitrogens with zero attached hydrogens (tertiary/aromatic N) is 1. The smallest absolute Gasteiger partial charge is 0.343 e. The second-order valence-corrected chi connectivity index (χ2v) is 7.40. The molecular weight excluding hydrogens is 524 g/mol. The number of hydrogen-bond acceptors (Lipinski definition) is 6. The Balaban J connectivity index is 2.24. The Morgan fingerprint density at radius 1 is 1.20 bits per heavy atom. The summed E-state index contributed by atoms with van der Waals surface area (Å²) in [7, 11) is 1.25. The zero-order chi connectivity index (χ0) is 22.3. The summed E-state index contributed by atoms with van der Waals surface area (Å²) in [6, 6.07) is 10.7. The van der Waals surface area contributed by atoms with Crippen LogP contribution >= 0.6 is 31.9 Å². The standard InChI is InChI=1S/C20H14Br2N2O6/c1-29-17(25)10-30-18-15(21)6-11(7-16(18)22)5-13(9-23)19(26)24-14-4-2-3-12(8-14)20(27)28/h2-8H,10H2,1H3,(H,24,26)(H,27,28)/b13-5-. The minimum absolute atomic E-state index is 0.00527. The Bertz CT molecular complexity index is 1050. The van der Waals surface area contributed by atoms with Crippen LogP contribution in [-0.2, 0) is 14.3 Å². The molecule has 0 aliphatic heterocycles. The van der Waals surface area contributed by atoms with Gasteiger partial charge in [-0.2, -0.15) is 5.26 Å². The first-order valence-corrected chi connectivity index (χ1v) is 9.79. The molecule has 0 aliphatic carbocycles. The van der Waals surface area contributed by atoms with Crippen molar-refractivity contribution in [2.24, 2.45) is 0 Å². The maximum absolute atomic E-state index is 12.4. The molecule has 0 fully saturated rings. The number of esters is 1. The van der Waals surface area contributed by atoms with E-state index in [1.54, 1.807) is 12.1 Å². The number of carbonyl (C=O) groups is 3. The number of nitrogens with one attached hydrogen (secondary N) is 1. The number of nitriles is 1. The number of anilines is 1. The molecule has 0 spiro atoms. The number of carbonyl (C=O) groups excluding carboxylic acids is 2. The first-order chi connectivity index (χ1) is 14.2. The largest absolute Gasteiger partial charge is 0.480 e. The average molecular weight is 538 g/mol. The fourth-order valence-electron chi connectivity index (χ4n) is 2.23. The van der Waals surface area contributed by atoms with Crippen LogP contribution in [0.25, 0.3) is 6.08 Å². The molecule has 10 heteroatoms. The molecule has 8 nitrogen and oxygen atoms in total. The highest BCUT2D eigenvalue weighted by atomic mass is 79.9. The van der Waals surface area contributed by atoms with E-state index in [1.807, 2.05) is 6.07 Å². The summed E-state index contributed by atoms with van der Waals surface area (Å²) in [5.74, 6) is -2.02. The monoisotopic (exact) mass is 536 g/mol. The van der Waals surface area contributed by atoms with Gasteiger partial charge in [0.25, 0.3) is 5.91 Å². The molecule has 0 saturated carbocycles. The number of ether oxygens (including phenoxy) is 2. The predicted octanol–water partition coefficient (Wildman–Crippen LogP) is 4.01. The number of hydrogen-bond donors (Lipinski definition) is 2. The SMILES string of the molecule is COC(=O)COc1c(Br)cc(/C=C(/C#N)C(=O)Nc2cccc(C(=O)O)c2)cc1Br. The maximum atomic E-state index is 12.4. The van der Waals surface area contributed by atoms with Crippen molar-refractivity contribution < 1.29 is 29.0 Å². The normalized spacial score (nSPS) is 10.7. The van der Waals surface area contributed by atoms with Crippen LogP contribution in [0.2, 0.25) is 0 Å². The van der Waals surface area contributed by atoms with E-state index in [0.717, 1.165) is 0 Å². The summed E-state index contributed by atoms with van der Waals surface area (Å²) < 4.78 is 10.9. The molecule has 0 radical (unpaired) electrons. The number of carboxylic acid groups (broad SMARTS) is 1. The minimum atomic E-state index is -1.13. The van der Waals surface area contributed by atoms with Crippen LogP contribution in [0, 0.1) is 11.3 Å². The van der Waals surface area contributed by atoms with Crippen LogP contribution in [0.1, 0.15) is 15.9 Å². The van der Waals surface area contributed by atoms with Crippen molar-refractivity contribution >= 4 is 61.5 Å². The third-order valence-corrected chi connectivity index (χ3v) is 4.80. The van der Waals surface area contributed by atoms with Crippen molar-refractivity contribution in [3.05, 3.63) is 62.0 Å². The minimum Gasteiger partial charge on any atom is -0.480 e. The van der Waals surface area contributed by atoms with E-state index in [1.165, 1.54) is 37.5 Å². The van der Waals surface area contributed by atoms with Crippen LogP contribution in [0.4, 0.5) is 5.69 Å². The highest BCUT2D eigenvalue weighted by molar-refractivity contribution is 9.11. The van der Waals surface area contributed by atoms with Crippen LogP contribution in [0.5, 0.6) is 5.75 Å². The fraction of sp³-hybridized carbons (Fsp3) is 0.100. The molecule has 30 heavy (non-hydrogen) atoms. The highest BCUT2D eigenvalue weighted by Gasteiger charge is 2.14. The molecule has 0 saturated heterocycles. The van der Waals surface area contributed by atoms with E-state index >= 15 is 0 Å². The summed E-state index contributed by atoms with van der Waals surface area (Å²) >= 11 is 6.64. The zero-order valence-electron chi connectivity index (χ0n) is 15.4. The summed E-state index contributed by atoms with van der Waals surface area (Å²) in [6.45, 7) is -0.288. The van der Waals surface area contributed by atoms with Gasteiger partial charge < -0.3 is 19.9 Å². The average Bonchev–Trinajstić information content (AvgIpc) is 2.71. The quantitative estimate of drug-likeness (QED) is 0.310. The number of carboxylic acids is 1. The Hall–Kier alpha value is -3.16. The molecule has 2 N–H and O–H groups in total. The molecule has 2 rings (SSSR count). The van der Waals surface area contributed by atoms with Gasteiger partial charge in [-0.05, 0) is 73.8 Å². The van der Waals surface area contributed by atoms with E-state index in [9.17, 15) is 19.6 Å². The van der Waals surface area contributed by atoms with E-state index in [2.05, 4.69) is 41.9 Å². The lowest BCUT2D eigenvalue weighted by Crippen LogP contribution is -2.14. The molecule has 2 aromatic carbocycles. The Morgan fingerprint density at radius 3 is 2.43 bits per heavy atom. The number of halogens is 2. The first kappa shape index (κ1) is 23.1. The van der Waals surface area contributed by atoms with Gasteiger partial charge in [0.05, 0.1) is 21.6 Å². The summed E-state index contributed by atoms with van der Waals surface area (Å²) in [5, 5.41) is 20.9. The molecule has 0 heterocycles. The van der Waals surface area contributed by atoms with Crippen molar-refractivity contribution in [3.63, 3.8) is 0 Å². The van der Waals surface area contributed by atoms with Gasteiger partial charge in [-0.3, -0.25) is 4.79 Å². The molecule has 0 aromatic heterocycles. The molecular formula is C20H14Br2N2O6. The third-order valence-electron chi connectivity index (χ3n) is 3.63. The van der Waals surface area contributed by atoms with Gasteiger partial charge in [0.1, 0.15) is 17.4 Å². The second-order valence-electron chi connectivity index (χ2n) is 5.69. The van der Waals surface area contributed by atoms with Gasteiger partial charge in [-0.25, -0.2) is 9.59 Å². The van der Waals surface area contributed by atoms with Crippen molar-refractivity contribution in [3.8, 4) is 11.8 Å². The summed E-state index contributed by atoms with van der Waals surface area (Å²) in [6.07, 6.45) is 1.36. The Labute approximate surface area is 188 Å². The maximum Gasteiger partial charge on any atom is 0.343 e. The molecule has 0 atom stereocenters.